The second-order valence-electron chi connectivity index (χ2n) is 5.32. The number of fused-ring (bicyclic) bond motifs is 1. The standard InChI is InChI=1S/C15H15N3O2/c1-10-2-7-14-12(8-10)9-16-15(17-14)11-3-5-13(6-4-11)18(19)20/h3-6,9-10H,2,7-8H2,1H3. The van der Waals surface area contributed by atoms with Crippen LogP contribution in [0, 0.1) is 16.0 Å². The minimum Gasteiger partial charge on any atom is -0.258 e. The zero-order chi connectivity index (χ0) is 14.1. The molecule has 20 heavy (non-hydrogen) atoms. The van der Waals surface area contributed by atoms with Crippen molar-refractivity contribution in [2.24, 2.45) is 5.92 Å². The third-order valence-electron chi connectivity index (χ3n) is 3.73. The number of nitrogens with zero attached hydrogens (tertiary/aromatic N) is 3. The van der Waals surface area contributed by atoms with Gasteiger partial charge in [-0.05, 0) is 42.9 Å². The van der Waals surface area contributed by atoms with Gasteiger partial charge in [0.15, 0.2) is 5.82 Å². The molecule has 5 nitrogen and oxygen atoms in total. The Hall–Kier alpha value is -2.30. The summed E-state index contributed by atoms with van der Waals surface area (Å²) < 4.78 is 0. The van der Waals surface area contributed by atoms with E-state index in [9.17, 15) is 10.1 Å². The molecule has 2 aromatic rings. The van der Waals surface area contributed by atoms with Crippen LogP contribution in [-0.4, -0.2) is 14.9 Å². The quantitative estimate of drug-likeness (QED) is 0.620. The van der Waals surface area contributed by atoms with Gasteiger partial charge in [-0.1, -0.05) is 6.92 Å². The lowest BCUT2D eigenvalue weighted by molar-refractivity contribution is -0.384. The molecular formula is C15H15N3O2. The molecule has 1 aromatic carbocycles. The van der Waals surface area contributed by atoms with Crippen molar-refractivity contribution in [1.29, 1.82) is 0 Å². The van der Waals surface area contributed by atoms with E-state index in [1.807, 2.05) is 6.20 Å². The molecule has 0 aliphatic heterocycles. The number of aryl methyl sites for hydroxylation is 1. The number of nitro benzene ring substituents is 1. The lowest BCUT2D eigenvalue weighted by Gasteiger charge is -2.20. The van der Waals surface area contributed by atoms with Gasteiger partial charge in [-0.15, -0.1) is 0 Å². The van der Waals surface area contributed by atoms with Crippen LogP contribution in [0.5, 0.6) is 0 Å². The van der Waals surface area contributed by atoms with E-state index in [4.69, 9.17) is 0 Å². The fourth-order valence-corrected chi connectivity index (χ4v) is 2.56. The molecule has 0 radical (unpaired) electrons. The summed E-state index contributed by atoms with van der Waals surface area (Å²) in [6.07, 6.45) is 5.08. The molecular weight excluding hydrogens is 254 g/mol. The summed E-state index contributed by atoms with van der Waals surface area (Å²) in [6, 6.07) is 6.37. The Labute approximate surface area is 116 Å². The van der Waals surface area contributed by atoms with Gasteiger partial charge in [0.25, 0.3) is 5.69 Å². The van der Waals surface area contributed by atoms with Crippen LogP contribution in [0.3, 0.4) is 0 Å². The molecule has 0 saturated heterocycles. The Balaban J connectivity index is 1.93. The molecule has 0 spiro atoms. The van der Waals surface area contributed by atoms with Crippen molar-refractivity contribution in [3.8, 4) is 11.4 Å². The first-order valence-electron chi connectivity index (χ1n) is 6.73. The van der Waals surface area contributed by atoms with Crippen molar-refractivity contribution in [1.82, 2.24) is 9.97 Å². The van der Waals surface area contributed by atoms with Crippen LogP contribution in [0.15, 0.2) is 30.5 Å². The third-order valence-corrected chi connectivity index (χ3v) is 3.73. The van der Waals surface area contributed by atoms with Crippen LogP contribution >= 0.6 is 0 Å². The molecule has 0 bridgehead atoms. The van der Waals surface area contributed by atoms with E-state index in [0.29, 0.717) is 11.7 Å². The maximum Gasteiger partial charge on any atom is 0.269 e. The van der Waals surface area contributed by atoms with Gasteiger partial charge in [0.2, 0.25) is 0 Å². The SMILES string of the molecule is CC1CCc2nc(-c3ccc([N+](=O)[O-])cc3)ncc2C1. The summed E-state index contributed by atoms with van der Waals surface area (Å²) in [5.41, 5.74) is 3.25. The second kappa shape index (κ2) is 5.00. The molecule has 1 atom stereocenters. The largest absolute Gasteiger partial charge is 0.269 e. The van der Waals surface area contributed by atoms with E-state index >= 15 is 0 Å². The average Bonchev–Trinajstić information content (AvgIpc) is 2.47. The maximum atomic E-state index is 10.6. The highest BCUT2D eigenvalue weighted by Crippen LogP contribution is 2.26. The molecule has 0 amide bonds. The molecule has 5 heteroatoms. The van der Waals surface area contributed by atoms with Crippen LogP contribution in [0.25, 0.3) is 11.4 Å². The smallest absolute Gasteiger partial charge is 0.258 e. The van der Waals surface area contributed by atoms with Crippen molar-refractivity contribution in [2.75, 3.05) is 0 Å². The van der Waals surface area contributed by atoms with E-state index in [0.717, 1.165) is 30.5 Å². The highest BCUT2D eigenvalue weighted by atomic mass is 16.6. The first kappa shape index (κ1) is 12.7. The molecule has 0 saturated carbocycles. The third kappa shape index (κ3) is 2.39. The highest BCUT2D eigenvalue weighted by Gasteiger charge is 2.17. The zero-order valence-electron chi connectivity index (χ0n) is 11.2. The molecule has 1 aromatic heterocycles. The van der Waals surface area contributed by atoms with Gasteiger partial charge in [-0.3, -0.25) is 10.1 Å². The lowest BCUT2D eigenvalue weighted by Crippen LogP contribution is -2.14. The van der Waals surface area contributed by atoms with Gasteiger partial charge in [0.05, 0.1) is 4.92 Å². The van der Waals surface area contributed by atoms with Crippen molar-refractivity contribution in [3.63, 3.8) is 0 Å². The molecule has 1 aliphatic carbocycles. The molecule has 0 fully saturated rings. The molecule has 1 unspecified atom stereocenters. The van der Waals surface area contributed by atoms with E-state index in [1.165, 1.54) is 17.7 Å². The number of rotatable bonds is 2. The monoisotopic (exact) mass is 269 g/mol. The zero-order valence-corrected chi connectivity index (χ0v) is 11.2. The Kier molecular flexibility index (Phi) is 3.18. The van der Waals surface area contributed by atoms with Gasteiger partial charge in [-0.2, -0.15) is 0 Å². The van der Waals surface area contributed by atoms with Crippen LogP contribution in [0.1, 0.15) is 24.6 Å². The van der Waals surface area contributed by atoms with E-state index in [1.54, 1.807) is 12.1 Å². The minimum atomic E-state index is -0.404. The summed E-state index contributed by atoms with van der Waals surface area (Å²) in [4.78, 5) is 19.2. The summed E-state index contributed by atoms with van der Waals surface area (Å²) in [6.45, 7) is 2.24. The predicted molar refractivity (Wildman–Crippen MR) is 75.3 cm³/mol. The number of hydrogen-bond acceptors (Lipinski definition) is 4. The first-order valence-corrected chi connectivity index (χ1v) is 6.73. The summed E-state index contributed by atoms with van der Waals surface area (Å²) >= 11 is 0. The Morgan fingerprint density at radius 1 is 1.30 bits per heavy atom. The molecule has 1 aliphatic rings. The van der Waals surface area contributed by atoms with Gasteiger partial charge in [0.1, 0.15) is 0 Å². The maximum absolute atomic E-state index is 10.6. The Morgan fingerprint density at radius 3 is 2.75 bits per heavy atom. The van der Waals surface area contributed by atoms with Crippen LogP contribution in [-0.2, 0) is 12.8 Å². The summed E-state index contributed by atoms with van der Waals surface area (Å²) in [5, 5.41) is 10.6. The second-order valence-corrected chi connectivity index (χ2v) is 5.32. The van der Waals surface area contributed by atoms with Crippen molar-refractivity contribution < 1.29 is 4.92 Å². The van der Waals surface area contributed by atoms with Crippen LogP contribution < -0.4 is 0 Å². The van der Waals surface area contributed by atoms with E-state index in [2.05, 4.69) is 16.9 Å². The fraction of sp³-hybridized carbons (Fsp3) is 0.333. The topological polar surface area (TPSA) is 68.9 Å². The van der Waals surface area contributed by atoms with Crippen LogP contribution in [0.4, 0.5) is 5.69 Å². The molecule has 102 valence electrons. The number of non-ortho nitro benzene ring substituents is 1. The number of hydrogen-bond donors (Lipinski definition) is 0. The van der Waals surface area contributed by atoms with E-state index < -0.39 is 4.92 Å². The number of aromatic nitrogens is 2. The summed E-state index contributed by atoms with van der Waals surface area (Å²) in [5.74, 6) is 1.34. The Bertz CT molecular complexity index is 653. The molecule has 1 heterocycles. The van der Waals surface area contributed by atoms with Crippen molar-refractivity contribution in [2.45, 2.75) is 26.2 Å². The van der Waals surface area contributed by atoms with E-state index in [-0.39, 0.29) is 5.69 Å². The molecule has 0 N–H and O–H groups in total. The van der Waals surface area contributed by atoms with Gasteiger partial charge in [-0.25, -0.2) is 9.97 Å². The average molecular weight is 269 g/mol. The minimum absolute atomic E-state index is 0.0838. The molecule has 3 rings (SSSR count). The first-order chi connectivity index (χ1) is 9.63. The number of benzene rings is 1. The number of nitro groups is 1. The Morgan fingerprint density at radius 2 is 2.05 bits per heavy atom. The lowest BCUT2D eigenvalue weighted by atomic mass is 9.89. The predicted octanol–water partition coefficient (Wildman–Crippen LogP) is 3.18. The van der Waals surface area contributed by atoms with Crippen LogP contribution in [0.2, 0.25) is 0 Å². The van der Waals surface area contributed by atoms with Gasteiger partial charge in [0, 0.05) is 29.6 Å². The highest BCUT2D eigenvalue weighted by molar-refractivity contribution is 5.57. The normalized spacial score (nSPS) is 17.6. The van der Waals surface area contributed by atoms with Crippen molar-refractivity contribution in [3.05, 3.63) is 51.8 Å². The summed E-state index contributed by atoms with van der Waals surface area (Å²) in [7, 11) is 0. The van der Waals surface area contributed by atoms with Crippen molar-refractivity contribution >= 4 is 5.69 Å². The van der Waals surface area contributed by atoms with Gasteiger partial charge < -0.3 is 0 Å². The van der Waals surface area contributed by atoms with Gasteiger partial charge >= 0.3 is 0 Å². The fourth-order valence-electron chi connectivity index (χ4n) is 2.56.